The van der Waals surface area contributed by atoms with E-state index in [1.54, 1.807) is 0 Å². The highest BCUT2D eigenvalue weighted by atomic mass is 16.3. The number of hydrogen-bond donors (Lipinski definition) is 0. The van der Waals surface area contributed by atoms with Crippen LogP contribution in [0.1, 0.15) is 0 Å². The summed E-state index contributed by atoms with van der Waals surface area (Å²) in [6, 6.07) is 69.2. The van der Waals surface area contributed by atoms with Crippen molar-refractivity contribution in [3.05, 3.63) is 200 Å². The van der Waals surface area contributed by atoms with Gasteiger partial charge in [-0.05, 0) is 74.5 Å². The zero-order valence-electron chi connectivity index (χ0n) is 29.8. The van der Waals surface area contributed by atoms with E-state index in [0.29, 0.717) is 11.7 Å². The lowest BCUT2D eigenvalue weighted by Crippen LogP contribution is -1.98. The smallest absolute Gasteiger partial charge is 0.227 e. The molecular formula is C51H33N3O. The van der Waals surface area contributed by atoms with Crippen molar-refractivity contribution >= 4 is 21.9 Å². The van der Waals surface area contributed by atoms with Crippen LogP contribution in [0.3, 0.4) is 0 Å². The minimum Gasteiger partial charge on any atom is -0.436 e. The summed E-state index contributed by atoms with van der Waals surface area (Å²) in [4.78, 5) is 15.4. The number of aromatic nitrogens is 3. The van der Waals surface area contributed by atoms with Crippen molar-refractivity contribution in [3.8, 4) is 78.7 Å². The van der Waals surface area contributed by atoms with Gasteiger partial charge in [-0.3, -0.25) is 0 Å². The van der Waals surface area contributed by atoms with E-state index in [4.69, 9.17) is 19.4 Å². The summed E-state index contributed by atoms with van der Waals surface area (Å²) >= 11 is 0. The number of benzene rings is 8. The van der Waals surface area contributed by atoms with Crippen LogP contribution in [0, 0.1) is 0 Å². The Morgan fingerprint density at radius 2 is 0.945 bits per heavy atom. The van der Waals surface area contributed by atoms with Crippen molar-refractivity contribution in [2.45, 2.75) is 0 Å². The predicted molar refractivity (Wildman–Crippen MR) is 225 cm³/mol. The van der Waals surface area contributed by atoms with E-state index < -0.39 is 0 Å². The van der Waals surface area contributed by atoms with Gasteiger partial charge in [0.15, 0.2) is 11.4 Å². The van der Waals surface area contributed by atoms with Crippen LogP contribution in [-0.4, -0.2) is 15.0 Å². The van der Waals surface area contributed by atoms with Gasteiger partial charge >= 0.3 is 0 Å². The summed E-state index contributed by atoms with van der Waals surface area (Å²) in [5, 5.41) is 2.30. The van der Waals surface area contributed by atoms with Crippen LogP contribution >= 0.6 is 0 Å². The van der Waals surface area contributed by atoms with Gasteiger partial charge in [0.1, 0.15) is 5.52 Å². The Bertz CT molecular complexity index is 2910. The summed E-state index contributed by atoms with van der Waals surface area (Å²) in [5.74, 6) is 1.27. The van der Waals surface area contributed by atoms with Gasteiger partial charge in [-0.15, -0.1) is 0 Å². The van der Waals surface area contributed by atoms with Crippen LogP contribution in [0.5, 0.6) is 0 Å². The van der Waals surface area contributed by atoms with E-state index in [2.05, 4.69) is 158 Å². The maximum absolute atomic E-state index is 6.51. The van der Waals surface area contributed by atoms with Gasteiger partial charge in [-0.25, -0.2) is 15.0 Å². The third-order valence-electron chi connectivity index (χ3n) is 10.1. The first-order valence-corrected chi connectivity index (χ1v) is 18.4. The molecule has 0 amide bonds. The molecule has 0 fully saturated rings. The van der Waals surface area contributed by atoms with E-state index >= 15 is 0 Å². The predicted octanol–water partition coefficient (Wildman–Crippen LogP) is 13.4. The highest BCUT2D eigenvalue weighted by Gasteiger charge is 2.20. The third-order valence-corrected chi connectivity index (χ3v) is 10.1. The second kappa shape index (κ2) is 13.8. The molecule has 10 aromatic rings. The van der Waals surface area contributed by atoms with Crippen molar-refractivity contribution < 1.29 is 4.42 Å². The molecule has 4 heteroatoms. The van der Waals surface area contributed by atoms with E-state index in [9.17, 15) is 0 Å². The summed E-state index contributed by atoms with van der Waals surface area (Å²) in [6.07, 6.45) is 0. The van der Waals surface area contributed by atoms with Crippen LogP contribution in [0.15, 0.2) is 205 Å². The van der Waals surface area contributed by atoms with Gasteiger partial charge in [0.2, 0.25) is 5.89 Å². The van der Waals surface area contributed by atoms with E-state index in [0.717, 1.165) is 88.9 Å². The topological polar surface area (TPSA) is 51.8 Å². The first-order chi connectivity index (χ1) is 27.2. The Labute approximate surface area is 319 Å². The number of fused-ring (bicyclic) bond motifs is 2. The molecule has 0 bridgehead atoms. The Hall–Kier alpha value is -7.43. The average molecular weight is 704 g/mol. The summed E-state index contributed by atoms with van der Waals surface area (Å²) < 4.78 is 6.51. The van der Waals surface area contributed by atoms with Crippen LogP contribution in [0.4, 0.5) is 0 Å². The molecule has 0 N–H and O–H groups in total. The zero-order chi connectivity index (χ0) is 36.6. The number of rotatable bonds is 7. The maximum atomic E-state index is 6.51. The van der Waals surface area contributed by atoms with Crippen LogP contribution < -0.4 is 0 Å². The van der Waals surface area contributed by atoms with Crippen LogP contribution in [0.25, 0.3) is 101 Å². The molecular weight excluding hydrogens is 671 g/mol. The molecule has 2 aromatic heterocycles. The number of oxazole rings is 1. The fraction of sp³-hybridized carbons (Fsp3) is 0. The third kappa shape index (κ3) is 6.16. The maximum Gasteiger partial charge on any atom is 0.227 e. The van der Waals surface area contributed by atoms with Gasteiger partial charge in [-0.2, -0.15) is 0 Å². The van der Waals surface area contributed by atoms with Gasteiger partial charge in [0.25, 0.3) is 0 Å². The van der Waals surface area contributed by atoms with Crippen molar-refractivity contribution in [3.63, 3.8) is 0 Å². The molecule has 0 atom stereocenters. The fourth-order valence-electron chi connectivity index (χ4n) is 7.46. The van der Waals surface area contributed by atoms with E-state index in [-0.39, 0.29) is 0 Å². The van der Waals surface area contributed by atoms with Crippen LogP contribution in [-0.2, 0) is 0 Å². The highest BCUT2D eigenvalue weighted by molar-refractivity contribution is 6.07. The van der Waals surface area contributed by atoms with Crippen molar-refractivity contribution in [2.75, 3.05) is 0 Å². The van der Waals surface area contributed by atoms with Crippen molar-refractivity contribution in [1.82, 2.24) is 15.0 Å². The lowest BCUT2D eigenvalue weighted by atomic mass is 9.87. The highest BCUT2D eigenvalue weighted by Crippen LogP contribution is 2.43. The Morgan fingerprint density at radius 1 is 0.345 bits per heavy atom. The summed E-state index contributed by atoms with van der Waals surface area (Å²) in [5.41, 5.74) is 13.8. The second-order valence-electron chi connectivity index (χ2n) is 13.6. The quantitative estimate of drug-likeness (QED) is 0.166. The van der Waals surface area contributed by atoms with Gasteiger partial charge in [0, 0.05) is 22.3 Å². The lowest BCUT2D eigenvalue weighted by Gasteiger charge is -2.18. The van der Waals surface area contributed by atoms with Crippen LogP contribution in [0.2, 0.25) is 0 Å². The molecule has 0 aliphatic carbocycles. The van der Waals surface area contributed by atoms with E-state index in [1.165, 1.54) is 0 Å². The van der Waals surface area contributed by atoms with Crippen molar-refractivity contribution in [1.29, 1.82) is 0 Å². The molecule has 258 valence electrons. The Morgan fingerprint density at radius 3 is 1.67 bits per heavy atom. The molecule has 0 aliphatic heterocycles. The molecule has 0 saturated carbocycles. The molecule has 0 spiro atoms. The number of hydrogen-bond acceptors (Lipinski definition) is 4. The molecule has 8 aromatic carbocycles. The largest absolute Gasteiger partial charge is 0.436 e. The van der Waals surface area contributed by atoms with E-state index in [1.807, 2.05) is 42.5 Å². The SMILES string of the molecule is c1ccc(-c2cccc(-c3nc4ccc(-c5ccc6ccccc6c5-c5ccccc5-c5nc(-c6ccccc6)cc(-c6ccccc6)n5)cc4o3)c2)cc1. The normalized spacial score (nSPS) is 11.3. The minimum absolute atomic E-state index is 0.596. The zero-order valence-corrected chi connectivity index (χ0v) is 29.8. The molecule has 0 aliphatic rings. The summed E-state index contributed by atoms with van der Waals surface area (Å²) in [6.45, 7) is 0. The Kier molecular flexibility index (Phi) is 8.12. The van der Waals surface area contributed by atoms with Gasteiger partial charge in [-0.1, -0.05) is 170 Å². The average Bonchev–Trinajstić information content (AvgIpc) is 3.71. The lowest BCUT2D eigenvalue weighted by molar-refractivity contribution is 0.620. The minimum atomic E-state index is 0.596. The molecule has 2 heterocycles. The first-order valence-electron chi connectivity index (χ1n) is 18.4. The second-order valence-corrected chi connectivity index (χ2v) is 13.6. The molecule has 4 nitrogen and oxygen atoms in total. The first kappa shape index (κ1) is 32.2. The van der Waals surface area contributed by atoms with Gasteiger partial charge in [0.05, 0.1) is 11.4 Å². The van der Waals surface area contributed by atoms with Crippen molar-refractivity contribution in [2.24, 2.45) is 0 Å². The molecule has 0 unspecified atom stereocenters. The number of nitrogens with zero attached hydrogens (tertiary/aromatic N) is 3. The molecule has 55 heavy (non-hydrogen) atoms. The summed E-state index contributed by atoms with van der Waals surface area (Å²) in [7, 11) is 0. The molecule has 0 radical (unpaired) electrons. The monoisotopic (exact) mass is 703 g/mol. The Balaban J connectivity index is 1.13. The standard InChI is InChI=1S/C51H33N3O/c1-4-15-34(16-5-1)38-22-14-23-40(31-38)51-54-45-30-28-39(32-48(45)55-51)42-29-27-35-17-10-11-24-41(35)49(42)43-25-12-13-26-44(43)50-52-46(36-18-6-2-7-19-36)33-47(53-50)37-20-8-3-9-21-37/h1-33H. The molecule has 10 rings (SSSR count). The van der Waals surface area contributed by atoms with Gasteiger partial charge < -0.3 is 4.42 Å². The fourth-order valence-corrected chi connectivity index (χ4v) is 7.46. The molecule has 0 saturated heterocycles.